The van der Waals surface area contributed by atoms with Crippen molar-refractivity contribution in [3.05, 3.63) is 12.7 Å². The monoisotopic (exact) mass is 170 g/mol. The van der Waals surface area contributed by atoms with E-state index in [0.717, 1.165) is 6.08 Å². The molecule has 0 saturated carbocycles. The van der Waals surface area contributed by atoms with Gasteiger partial charge >= 0.3 is 5.97 Å². The lowest BCUT2D eigenvalue weighted by Gasteiger charge is -2.28. The van der Waals surface area contributed by atoms with Gasteiger partial charge in [-0.3, -0.25) is 0 Å². The van der Waals surface area contributed by atoms with Crippen molar-refractivity contribution in [2.24, 2.45) is 0 Å². The molecule has 1 fully saturated rings. The van der Waals surface area contributed by atoms with Crippen LogP contribution in [-0.2, 0) is 14.3 Å². The Bertz CT molecular complexity index is 214. The van der Waals surface area contributed by atoms with Crippen LogP contribution in [0.3, 0.4) is 0 Å². The van der Waals surface area contributed by atoms with Crippen LogP contribution in [0.25, 0.3) is 0 Å². The molecule has 1 rings (SSSR count). The molecule has 1 atom stereocenters. The van der Waals surface area contributed by atoms with Crippen LogP contribution in [0.2, 0.25) is 0 Å². The third-order valence-electron chi connectivity index (χ3n) is 2.37. The maximum atomic E-state index is 10.9. The molecule has 0 aromatic carbocycles. The highest BCUT2D eigenvalue weighted by molar-refractivity contribution is 5.81. The first-order chi connectivity index (χ1) is 5.41. The van der Waals surface area contributed by atoms with Crippen LogP contribution < -0.4 is 0 Å². The SMILES string of the molecule is C=CC(=O)OC(C)(C)C1(C)CO1. The first-order valence-corrected chi connectivity index (χ1v) is 3.91. The van der Waals surface area contributed by atoms with Gasteiger partial charge in [-0.25, -0.2) is 4.79 Å². The Morgan fingerprint density at radius 2 is 2.25 bits per heavy atom. The van der Waals surface area contributed by atoms with E-state index in [0.29, 0.717) is 6.61 Å². The molecule has 0 bridgehead atoms. The third-order valence-corrected chi connectivity index (χ3v) is 2.37. The maximum absolute atomic E-state index is 10.9. The van der Waals surface area contributed by atoms with Crippen molar-refractivity contribution in [1.82, 2.24) is 0 Å². The Morgan fingerprint density at radius 3 is 2.58 bits per heavy atom. The zero-order valence-electron chi connectivity index (χ0n) is 7.72. The molecule has 0 aromatic rings. The van der Waals surface area contributed by atoms with Gasteiger partial charge in [0.2, 0.25) is 0 Å². The molecule has 0 spiro atoms. The Morgan fingerprint density at radius 1 is 1.75 bits per heavy atom. The average Bonchev–Trinajstić information content (AvgIpc) is 2.68. The fourth-order valence-corrected chi connectivity index (χ4v) is 0.857. The van der Waals surface area contributed by atoms with Crippen LogP contribution in [0.4, 0.5) is 0 Å². The topological polar surface area (TPSA) is 38.8 Å². The van der Waals surface area contributed by atoms with Crippen LogP contribution in [0.5, 0.6) is 0 Å². The smallest absolute Gasteiger partial charge is 0.330 e. The number of ether oxygens (including phenoxy) is 2. The van der Waals surface area contributed by atoms with Gasteiger partial charge in [0.1, 0.15) is 11.2 Å². The molecule has 1 heterocycles. The minimum absolute atomic E-state index is 0.314. The quantitative estimate of drug-likeness (QED) is 0.364. The van der Waals surface area contributed by atoms with E-state index in [2.05, 4.69) is 6.58 Å². The van der Waals surface area contributed by atoms with E-state index in [1.54, 1.807) is 0 Å². The third kappa shape index (κ3) is 1.50. The number of hydrogen-bond acceptors (Lipinski definition) is 3. The summed E-state index contributed by atoms with van der Waals surface area (Å²) < 4.78 is 10.3. The summed E-state index contributed by atoms with van der Waals surface area (Å²) in [4.78, 5) is 10.9. The van der Waals surface area contributed by atoms with Crippen molar-refractivity contribution in [3.8, 4) is 0 Å². The molecule has 0 amide bonds. The van der Waals surface area contributed by atoms with Gasteiger partial charge in [0, 0.05) is 6.08 Å². The lowest BCUT2D eigenvalue weighted by atomic mass is 9.93. The van der Waals surface area contributed by atoms with Gasteiger partial charge in [0.25, 0.3) is 0 Å². The molecule has 68 valence electrons. The standard InChI is InChI=1S/C9H14O3/c1-5-7(10)12-8(2,3)9(4)6-11-9/h5H,1,6H2,2-4H3. The Hall–Kier alpha value is -0.830. The highest BCUT2D eigenvalue weighted by atomic mass is 16.6. The molecule has 0 aliphatic carbocycles. The van der Waals surface area contributed by atoms with Gasteiger partial charge in [-0.1, -0.05) is 6.58 Å². The van der Waals surface area contributed by atoms with Gasteiger partial charge in [-0.15, -0.1) is 0 Å². The van der Waals surface area contributed by atoms with Gasteiger partial charge in [-0.05, 0) is 20.8 Å². The molecule has 3 heteroatoms. The lowest BCUT2D eigenvalue weighted by molar-refractivity contribution is -0.156. The van der Waals surface area contributed by atoms with Gasteiger partial charge < -0.3 is 9.47 Å². The van der Waals surface area contributed by atoms with E-state index in [9.17, 15) is 4.79 Å². The summed E-state index contributed by atoms with van der Waals surface area (Å²) in [5.74, 6) is -0.406. The van der Waals surface area contributed by atoms with Crippen LogP contribution in [0.1, 0.15) is 20.8 Å². The molecule has 0 radical (unpaired) electrons. The molecule has 0 N–H and O–H groups in total. The summed E-state index contributed by atoms with van der Waals surface area (Å²) in [6.07, 6.45) is 1.16. The average molecular weight is 170 g/mol. The number of rotatable bonds is 3. The Balaban J connectivity index is 2.60. The summed E-state index contributed by atoms with van der Waals surface area (Å²) in [5.41, 5.74) is -0.885. The van der Waals surface area contributed by atoms with E-state index in [1.807, 2.05) is 20.8 Å². The van der Waals surface area contributed by atoms with Crippen LogP contribution in [0.15, 0.2) is 12.7 Å². The summed E-state index contributed by atoms with van der Waals surface area (Å²) in [6.45, 7) is 9.56. The van der Waals surface area contributed by atoms with Gasteiger partial charge in [-0.2, -0.15) is 0 Å². The van der Waals surface area contributed by atoms with Crippen molar-refractivity contribution in [2.45, 2.75) is 32.0 Å². The summed E-state index contributed by atoms with van der Waals surface area (Å²) in [7, 11) is 0. The van der Waals surface area contributed by atoms with Crippen LogP contribution in [-0.4, -0.2) is 23.8 Å². The van der Waals surface area contributed by atoms with Crippen molar-refractivity contribution >= 4 is 5.97 Å². The molecule has 1 aliphatic heterocycles. The number of carbonyl (C=O) groups excluding carboxylic acids is 1. The van der Waals surface area contributed by atoms with E-state index >= 15 is 0 Å². The first-order valence-electron chi connectivity index (χ1n) is 3.91. The summed E-state index contributed by atoms with van der Waals surface area (Å²) in [6, 6.07) is 0. The van der Waals surface area contributed by atoms with Gasteiger partial charge in [0.15, 0.2) is 0 Å². The summed E-state index contributed by atoms with van der Waals surface area (Å²) in [5, 5.41) is 0. The van der Waals surface area contributed by atoms with Crippen molar-refractivity contribution in [3.63, 3.8) is 0 Å². The second kappa shape index (κ2) is 2.59. The number of carbonyl (C=O) groups is 1. The Kier molecular flexibility index (Phi) is 2.00. The maximum Gasteiger partial charge on any atom is 0.330 e. The van der Waals surface area contributed by atoms with Crippen molar-refractivity contribution in [1.29, 1.82) is 0 Å². The fourth-order valence-electron chi connectivity index (χ4n) is 0.857. The molecular formula is C9H14O3. The minimum Gasteiger partial charge on any atom is -0.453 e. The van der Waals surface area contributed by atoms with E-state index in [1.165, 1.54) is 0 Å². The second-order valence-corrected chi connectivity index (χ2v) is 3.66. The predicted octanol–water partition coefficient (Wildman–Crippen LogP) is 1.28. The van der Waals surface area contributed by atoms with Crippen LogP contribution >= 0.6 is 0 Å². The minimum atomic E-state index is -0.571. The zero-order valence-corrected chi connectivity index (χ0v) is 7.72. The van der Waals surface area contributed by atoms with Crippen molar-refractivity contribution < 1.29 is 14.3 Å². The molecule has 0 aromatic heterocycles. The molecular weight excluding hydrogens is 156 g/mol. The number of esters is 1. The van der Waals surface area contributed by atoms with E-state index in [4.69, 9.17) is 9.47 Å². The zero-order chi connectivity index (χ0) is 9.41. The largest absolute Gasteiger partial charge is 0.453 e. The molecule has 1 unspecified atom stereocenters. The number of hydrogen-bond donors (Lipinski definition) is 0. The highest BCUT2D eigenvalue weighted by Crippen LogP contribution is 2.39. The first kappa shape index (κ1) is 9.26. The van der Waals surface area contributed by atoms with Crippen molar-refractivity contribution in [2.75, 3.05) is 6.61 Å². The summed E-state index contributed by atoms with van der Waals surface area (Å²) >= 11 is 0. The second-order valence-electron chi connectivity index (χ2n) is 3.66. The van der Waals surface area contributed by atoms with Crippen LogP contribution in [0, 0.1) is 0 Å². The fraction of sp³-hybridized carbons (Fsp3) is 0.667. The van der Waals surface area contributed by atoms with E-state index in [-0.39, 0.29) is 5.60 Å². The molecule has 1 aliphatic rings. The molecule has 1 saturated heterocycles. The molecule has 3 nitrogen and oxygen atoms in total. The molecule has 12 heavy (non-hydrogen) atoms. The highest BCUT2D eigenvalue weighted by Gasteiger charge is 2.55. The lowest BCUT2D eigenvalue weighted by Crippen LogP contribution is -2.41. The number of epoxide rings is 1. The van der Waals surface area contributed by atoms with E-state index < -0.39 is 11.6 Å². The Labute approximate surface area is 72.4 Å². The normalized spacial score (nSPS) is 27.9. The van der Waals surface area contributed by atoms with Gasteiger partial charge in [0.05, 0.1) is 6.61 Å². The predicted molar refractivity (Wildman–Crippen MR) is 44.7 cm³/mol.